The summed E-state index contributed by atoms with van der Waals surface area (Å²) in [6, 6.07) is 0. The van der Waals surface area contributed by atoms with Crippen LogP contribution in [0.5, 0.6) is 0 Å². The number of aromatic nitrogens is 2. The molecule has 0 atom stereocenters. The number of rotatable bonds is 2. The Bertz CT molecular complexity index is 264. The lowest BCUT2D eigenvalue weighted by Crippen LogP contribution is -1.95. The molecular weight excluding hydrogens is 132 g/mol. The second-order valence-electron chi connectivity index (χ2n) is 1.68. The predicted molar refractivity (Wildman–Crippen MR) is 35.6 cm³/mol. The molecule has 0 bridgehead atoms. The lowest BCUT2D eigenvalue weighted by molar-refractivity contribution is 0.0691. The summed E-state index contributed by atoms with van der Waals surface area (Å²) in [5.74, 6) is -0.568. The number of H-pyrrole nitrogens is 1. The fourth-order valence-corrected chi connectivity index (χ4v) is 0.551. The lowest BCUT2D eigenvalue weighted by Gasteiger charge is -1.79. The first-order chi connectivity index (χ1) is 4.74. The van der Waals surface area contributed by atoms with Gasteiger partial charge in [-0.1, -0.05) is 6.58 Å². The molecule has 10 heavy (non-hydrogen) atoms. The number of imidazole rings is 1. The van der Waals surface area contributed by atoms with Gasteiger partial charge < -0.3 is 10.1 Å². The maximum absolute atomic E-state index is 10.2. The van der Waals surface area contributed by atoms with E-state index in [1.165, 1.54) is 12.3 Å². The van der Waals surface area contributed by atoms with Crippen LogP contribution in [-0.4, -0.2) is 21.0 Å². The lowest BCUT2D eigenvalue weighted by atomic mass is 10.5. The third-order valence-corrected chi connectivity index (χ3v) is 1.01. The molecule has 0 radical (unpaired) electrons. The van der Waals surface area contributed by atoms with E-state index >= 15 is 0 Å². The van der Waals surface area contributed by atoms with E-state index in [4.69, 9.17) is 5.11 Å². The molecule has 1 aromatic rings. The van der Waals surface area contributed by atoms with Crippen molar-refractivity contribution in [1.82, 2.24) is 9.97 Å². The molecule has 0 spiro atoms. The van der Waals surface area contributed by atoms with Gasteiger partial charge in [-0.15, -0.1) is 0 Å². The number of nitrogens with zero attached hydrogens (tertiary/aromatic N) is 1. The molecule has 52 valence electrons. The minimum absolute atomic E-state index is 0.00917. The first kappa shape index (κ1) is 6.54. The van der Waals surface area contributed by atoms with Crippen LogP contribution in [0.25, 0.3) is 6.08 Å². The van der Waals surface area contributed by atoms with E-state index in [2.05, 4.69) is 16.5 Å². The SMILES string of the molecule is C=Cc1nc(C(=O)O)c[nH]1. The van der Waals surface area contributed by atoms with Gasteiger partial charge in [0.25, 0.3) is 0 Å². The van der Waals surface area contributed by atoms with Crippen molar-refractivity contribution in [2.75, 3.05) is 0 Å². The Morgan fingerprint density at radius 1 is 1.90 bits per heavy atom. The quantitative estimate of drug-likeness (QED) is 0.633. The van der Waals surface area contributed by atoms with Crippen LogP contribution in [0.4, 0.5) is 0 Å². The van der Waals surface area contributed by atoms with Crippen LogP contribution < -0.4 is 0 Å². The highest BCUT2D eigenvalue weighted by molar-refractivity contribution is 5.85. The number of carboxylic acid groups (broad SMARTS) is 1. The van der Waals surface area contributed by atoms with Gasteiger partial charge in [-0.05, 0) is 6.08 Å². The third kappa shape index (κ3) is 1.05. The van der Waals surface area contributed by atoms with Gasteiger partial charge in [0.2, 0.25) is 0 Å². The molecule has 1 aromatic heterocycles. The zero-order chi connectivity index (χ0) is 7.56. The van der Waals surface area contributed by atoms with E-state index in [-0.39, 0.29) is 5.69 Å². The molecule has 0 aliphatic heterocycles. The number of aromatic amines is 1. The Morgan fingerprint density at radius 3 is 2.90 bits per heavy atom. The Morgan fingerprint density at radius 2 is 2.60 bits per heavy atom. The normalized spacial score (nSPS) is 9.20. The van der Waals surface area contributed by atoms with Crippen molar-refractivity contribution in [3.05, 3.63) is 24.3 Å². The van der Waals surface area contributed by atoms with Crippen LogP contribution in [0.1, 0.15) is 16.3 Å². The minimum Gasteiger partial charge on any atom is -0.476 e. The van der Waals surface area contributed by atoms with Crippen molar-refractivity contribution >= 4 is 12.0 Å². The fourth-order valence-electron chi connectivity index (χ4n) is 0.551. The van der Waals surface area contributed by atoms with Crippen molar-refractivity contribution in [3.8, 4) is 0 Å². The molecule has 0 amide bonds. The van der Waals surface area contributed by atoms with Crippen molar-refractivity contribution in [2.24, 2.45) is 0 Å². The molecule has 4 nitrogen and oxygen atoms in total. The summed E-state index contributed by atoms with van der Waals surface area (Å²) in [5.41, 5.74) is 0.00917. The molecule has 4 heteroatoms. The van der Waals surface area contributed by atoms with Crippen LogP contribution in [0, 0.1) is 0 Å². The van der Waals surface area contributed by atoms with Crippen molar-refractivity contribution in [3.63, 3.8) is 0 Å². The monoisotopic (exact) mass is 138 g/mol. The fraction of sp³-hybridized carbons (Fsp3) is 0. The molecule has 0 aromatic carbocycles. The molecule has 2 N–H and O–H groups in total. The topological polar surface area (TPSA) is 66.0 Å². The molecule has 1 heterocycles. The van der Waals surface area contributed by atoms with Gasteiger partial charge in [0.05, 0.1) is 0 Å². The molecule has 0 fully saturated rings. The average Bonchev–Trinajstić information content (AvgIpc) is 2.34. The predicted octanol–water partition coefficient (Wildman–Crippen LogP) is 0.751. The maximum Gasteiger partial charge on any atom is 0.356 e. The standard InChI is InChI=1S/C6H6N2O2/c1-2-5-7-3-4(8-5)6(9)10/h2-3H,1H2,(H,7,8)(H,9,10). The molecule has 0 aliphatic carbocycles. The highest BCUT2D eigenvalue weighted by atomic mass is 16.4. The van der Waals surface area contributed by atoms with Crippen molar-refractivity contribution < 1.29 is 9.90 Å². The van der Waals surface area contributed by atoms with Gasteiger partial charge in [-0.2, -0.15) is 0 Å². The van der Waals surface area contributed by atoms with Gasteiger partial charge in [-0.25, -0.2) is 9.78 Å². The highest BCUT2D eigenvalue weighted by Crippen LogP contribution is 1.96. The summed E-state index contributed by atoms with van der Waals surface area (Å²) in [6.45, 7) is 3.42. The Kier molecular flexibility index (Phi) is 1.53. The van der Waals surface area contributed by atoms with E-state index in [1.54, 1.807) is 0 Å². The minimum atomic E-state index is -1.04. The summed E-state index contributed by atoms with van der Waals surface area (Å²) < 4.78 is 0. The van der Waals surface area contributed by atoms with Crippen molar-refractivity contribution in [1.29, 1.82) is 0 Å². The maximum atomic E-state index is 10.2. The largest absolute Gasteiger partial charge is 0.476 e. The first-order valence-electron chi connectivity index (χ1n) is 2.65. The first-order valence-corrected chi connectivity index (χ1v) is 2.65. The summed E-state index contributed by atoms with van der Waals surface area (Å²) in [5, 5.41) is 8.38. The van der Waals surface area contributed by atoms with Gasteiger partial charge in [-0.3, -0.25) is 0 Å². The Balaban J connectivity index is 2.98. The second kappa shape index (κ2) is 2.34. The number of hydrogen-bond acceptors (Lipinski definition) is 2. The summed E-state index contributed by atoms with van der Waals surface area (Å²) in [4.78, 5) is 16.5. The number of carboxylic acids is 1. The molecule has 0 saturated heterocycles. The average molecular weight is 138 g/mol. The number of nitrogens with one attached hydrogen (secondary N) is 1. The van der Waals surface area contributed by atoms with Gasteiger partial charge in [0.1, 0.15) is 5.82 Å². The van der Waals surface area contributed by atoms with Crippen LogP contribution in [0.2, 0.25) is 0 Å². The van der Waals surface area contributed by atoms with Gasteiger partial charge in [0, 0.05) is 6.20 Å². The van der Waals surface area contributed by atoms with E-state index in [9.17, 15) is 4.79 Å². The second-order valence-corrected chi connectivity index (χ2v) is 1.68. The van der Waals surface area contributed by atoms with Crippen LogP contribution in [-0.2, 0) is 0 Å². The molecular formula is C6H6N2O2. The molecule has 0 aliphatic rings. The Hall–Kier alpha value is -1.58. The van der Waals surface area contributed by atoms with Crippen molar-refractivity contribution in [2.45, 2.75) is 0 Å². The third-order valence-electron chi connectivity index (χ3n) is 1.01. The summed E-state index contributed by atoms with van der Waals surface area (Å²) in [6.07, 6.45) is 2.77. The van der Waals surface area contributed by atoms with E-state index in [1.807, 2.05) is 0 Å². The van der Waals surface area contributed by atoms with Gasteiger partial charge >= 0.3 is 5.97 Å². The molecule has 0 unspecified atom stereocenters. The molecule has 0 saturated carbocycles. The summed E-state index contributed by atoms with van der Waals surface area (Å²) >= 11 is 0. The number of carbonyl (C=O) groups is 1. The zero-order valence-corrected chi connectivity index (χ0v) is 5.16. The zero-order valence-electron chi connectivity index (χ0n) is 5.16. The van der Waals surface area contributed by atoms with Crippen LogP contribution >= 0.6 is 0 Å². The smallest absolute Gasteiger partial charge is 0.356 e. The van der Waals surface area contributed by atoms with E-state index in [0.29, 0.717) is 5.82 Å². The highest BCUT2D eigenvalue weighted by Gasteiger charge is 2.04. The van der Waals surface area contributed by atoms with Crippen LogP contribution in [0.3, 0.4) is 0 Å². The molecule has 1 rings (SSSR count). The Labute approximate surface area is 57.2 Å². The van der Waals surface area contributed by atoms with Gasteiger partial charge in [0.15, 0.2) is 5.69 Å². The number of aromatic carboxylic acids is 1. The van der Waals surface area contributed by atoms with E-state index in [0.717, 1.165) is 0 Å². The summed E-state index contributed by atoms with van der Waals surface area (Å²) in [7, 11) is 0. The number of hydrogen-bond donors (Lipinski definition) is 2. The van der Waals surface area contributed by atoms with Crippen LogP contribution in [0.15, 0.2) is 12.8 Å². The van der Waals surface area contributed by atoms with E-state index < -0.39 is 5.97 Å².